The van der Waals surface area contributed by atoms with Crippen LogP contribution in [-0.2, 0) is 10.0 Å². The van der Waals surface area contributed by atoms with Crippen LogP contribution in [0.15, 0.2) is 58.5 Å². The van der Waals surface area contributed by atoms with Crippen molar-refractivity contribution in [2.45, 2.75) is 25.7 Å². The average molecular weight is 425 g/mol. The lowest BCUT2D eigenvalue weighted by Gasteiger charge is -2.11. The van der Waals surface area contributed by atoms with E-state index in [1.165, 1.54) is 0 Å². The van der Waals surface area contributed by atoms with Crippen LogP contribution in [0.1, 0.15) is 17.3 Å². The van der Waals surface area contributed by atoms with Gasteiger partial charge in [-0.2, -0.15) is 0 Å². The van der Waals surface area contributed by atoms with E-state index in [1.54, 1.807) is 74.4 Å². The number of anilines is 3. The third kappa shape index (κ3) is 4.01. The molecule has 0 amide bonds. The van der Waals surface area contributed by atoms with E-state index in [0.717, 1.165) is 5.69 Å². The summed E-state index contributed by atoms with van der Waals surface area (Å²) in [5.74, 6) is 2.14. The van der Waals surface area contributed by atoms with Gasteiger partial charge in [-0.15, -0.1) is 0 Å². The van der Waals surface area contributed by atoms with Crippen LogP contribution in [-0.4, -0.2) is 33.1 Å². The first-order chi connectivity index (χ1) is 14.3. The molecule has 0 radical (unpaired) electrons. The molecule has 0 fully saturated rings. The van der Waals surface area contributed by atoms with Gasteiger partial charge in [-0.3, -0.25) is 9.29 Å². The molecule has 0 saturated heterocycles. The Morgan fingerprint density at radius 3 is 2.40 bits per heavy atom. The number of imidazole rings is 1. The quantitative estimate of drug-likeness (QED) is 0.482. The van der Waals surface area contributed by atoms with Crippen LogP contribution < -0.4 is 10.0 Å². The molecule has 11 heteroatoms. The van der Waals surface area contributed by atoms with Crippen molar-refractivity contribution in [3.63, 3.8) is 0 Å². The van der Waals surface area contributed by atoms with E-state index >= 15 is 0 Å². The highest BCUT2D eigenvalue weighted by Gasteiger charge is 2.24. The molecule has 1 aromatic carbocycles. The van der Waals surface area contributed by atoms with Crippen LogP contribution in [0.4, 0.5) is 17.2 Å². The fourth-order valence-electron chi connectivity index (χ4n) is 2.98. The number of rotatable bonds is 6. The first-order valence-electron chi connectivity index (χ1n) is 8.98. The number of hydrogen-bond donors (Lipinski definition) is 2. The van der Waals surface area contributed by atoms with Crippen molar-refractivity contribution in [3.05, 3.63) is 66.3 Å². The molecule has 10 nitrogen and oxygen atoms in total. The smallest absolute Gasteiger partial charge is 0.267 e. The zero-order chi connectivity index (χ0) is 21.3. The number of sulfonamides is 1. The van der Waals surface area contributed by atoms with Crippen molar-refractivity contribution in [1.29, 1.82) is 0 Å². The van der Waals surface area contributed by atoms with Gasteiger partial charge in [0.2, 0.25) is 0 Å². The number of hydrogen-bond acceptors (Lipinski definition) is 8. The molecule has 0 unspecified atom stereocenters. The largest absolute Gasteiger partial charge is 0.360 e. The molecule has 154 valence electrons. The summed E-state index contributed by atoms with van der Waals surface area (Å²) in [7, 11) is -3.80. The Kier molecular flexibility index (Phi) is 4.96. The molecule has 0 saturated carbocycles. The zero-order valence-corrected chi connectivity index (χ0v) is 17.3. The van der Waals surface area contributed by atoms with E-state index in [4.69, 9.17) is 4.52 Å². The van der Waals surface area contributed by atoms with Gasteiger partial charge < -0.3 is 9.84 Å². The third-order valence-corrected chi connectivity index (χ3v) is 5.86. The highest BCUT2D eigenvalue weighted by atomic mass is 32.2. The lowest BCUT2D eigenvalue weighted by Crippen LogP contribution is -2.14. The zero-order valence-electron chi connectivity index (χ0n) is 16.5. The summed E-state index contributed by atoms with van der Waals surface area (Å²) in [6, 6.07) is 8.60. The molecule has 0 aliphatic rings. The topological polar surface area (TPSA) is 128 Å². The number of benzene rings is 1. The van der Waals surface area contributed by atoms with E-state index < -0.39 is 10.0 Å². The Morgan fingerprint density at radius 1 is 1.03 bits per heavy atom. The molecule has 30 heavy (non-hydrogen) atoms. The van der Waals surface area contributed by atoms with Crippen LogP contribution in [0.25, 0.3) is 5.82 Å². The van der Waals surface area contributed by atoms with Crippen molar-refractivity contribution in [2.24, 2.45) is 0 Å². The van der Waals surface area contributed by atoms with Gasteiger partial charge in [0.15, 0.2) is 10.7 Å². The van der Waals surface area contributed by atoms with E-state index in [-0.39, 0.29) is 10.7 Å². The Morgan fingerprint density at radius 2 is 1.77 bits per heavy atom. The van der Waals surface area contributed by atoms with E-state index in [2.05, 4.69) is 30.1 Å². The van der Waals surface area contributed by atoms with Crippen molar-refractivity contribution < 1.29 is 12.9 Å². The minimum absolute atomic E-state index is 0.0493. The number of nitrogens with one attached hydrogen (secondary N) is 2. The molecule has 0 aliphatic heterocycles. The summed E-state index contributed by atoms with van der Waals surface area (Å²) in [6.45, 7) is 4.95. The first-order valence-corrected chi connectivity index (χ1v) is 10.5. The van der Waals surface area contributed by atoms with Crippen molar-refractivity contribution >= 4 is 27.2 Å². The monoisotopic (exact) mass is 425 g/mol. The second-order valence-electron chi connectivity index (χ2n) is 6.59. The lowest BCUT2D eigenvalue weighted by atomic mass is 10.3. The molecule has 2 N–H and O–H groups in total. The molecular formula is C19H19N7O3S. The van der Waals surface area contributed by atoms with E-state index in [0.29, 0.717) is 28.8 Å². The minimum atomic E-state index is -3.80. The number of aromatic nitrogens is 5. The van der Waals surface area contributed by atoms with Gasteiger partial charge in [0.1, 0.15) is 29.5 Å². The Balaban J connectivity index is 1.52. The van der Waals surface area contributed by atoms with E-state index in [1.807, 2.05) is 0 Å². The van der Waals surface area contributed by atoms with Crippen LogP contribution in [0.3, 0.4) is 0 Å². The predicted octanol–water partition coefficient (Wildman–Crippen LogP) is 3.12. The fourth-order valence-corrected chi connectivity index (χ4v) is 4.37. The maximum atomic E-state index is 12.6. The lowest BCUT2D eigenvalue weighted by molar-refractivity contribution is 0.390. The Hall–Kier alpha value is -3.73. The minimum Gasteiger partial charge on any atom is -0.360 e. The SMILES string of the molecule is Cc1nc(Nc2ccc(NS(=O)(=O)c3c(C)noc3C)cc2)cc(-n2ccnc2)n1. The van der Waals surface area contributed by atoms with Crippen LogP contribution in [0.5, 0.6) is 0 Å². The average Bonchev–Trinajstić information content (AvgIpc) is 3.33. The van der Waals surface area contributed by atoms with Crippen molar-refractivity contribution in [1.82, 2.24) is 24.7 Å². The van der Waals surface area contributed by atoms with E-state index in [9.17, 15) is 8.42 Å². The summed E-state index contributed by atoms with van der Waals surface area (Å²) in [4.78, 5) is 12.9. The van der Waals surface area contributed by atoms with Crippen LogP contribution in [0.2, 0.25) is 0 Å². The summed E-state index contributed by atoms with van der Waals surface area (Å²) in [5, 5.41) is 6.89. The van der Waals surface area contributed by atoms with Crippen molar-refractivity contribution in [3.8, 4) is 5.82 Å². The number of nitrogens with zero attached hydrogens (tertiary/aromatic N) is 5. The maximum absolute atomic E-state index is 12.6. The molecular weight excluding hydrogens is 406 g/mol. The standard InChI is InChI=1S/C19H19N7O3S/c1-12-19(13(2)29-24-12)30(27,28)25-16-6-4-15(5-7-16)23-17-10-18(22-14(3)21-17)26-9-8-20-11-26/h4-11,25H,1-3H3,(H,21,22,23). The highest BCUT2D eigenvalue weighted by molar-refractivity contribution is 7.92. The summed E-state index contributed by atoms with van der Waals surface area (Å²) < 4.78 is 34.5. The fraction of sp³-hybridized carbons (Fsp3) is 0.158. The van der Waals surface area contributed by atoms with Gasteiger partial charge in [0.25, 0.3) is 10.0 Å². The van der Waals surface area contributed by atoms with Gasteiger partial charge in [0, 0.05) is 29.8 Å². The maximum Gasteiger partial charge on any atom is 0.267 e. The van der Waals surface area contributed by atoms with Crippen molar-refractivity contribution in [2.75, 3.05) is 10.0 Å². The second-order valence-corrected chi connectivity index (χ2v) is 8.21. The Bertz CT molecular complexity index is 1260. The molecule has 0 aliphatic carbocycles. The van der Waals surface area contributed by atoms with Crippen LogP contribution in [0, 0.1) is 20.8 Å². The predicted molar refractivity (Wildman–Crippen MR) is 110 cm³/mol. The molecule has 3 heterocycles. The molecule has 3 aromatic heterocycles. The van der Waals surface area contributed by atoms with Gasteiger partial charge in [-0.1, -0.05) is 5.16 Å². The normalized spacial score (nSPS) is 11.4. The van der Waals surface area contributed by atoms with Gasteiger partial charge >= 0.3 is 0 Å². The highest BCUT2D eigenvalue weighted by Crippen LogP contribution is 2.24. The first kappa shape index (κ1) is 19.6. The third-order valence-electron chi connectivity index (χ3n) is 4.24. The summed E-state index contributed by atoms with van der Waals surface area (Å²) in [5.41, 5.74) is 1.47. The molecule has 4 rings (SSSR count). The Labute approximate surface area is 173 Å². The number of aryl methyl sites for hydroxylation is 3. The second kappa shape index (κ2) is 7.59. The molecule has 4 aromatic rings. The van der Waals surface area contributed by atoms with Gasteiger partial charge in [0.05, 0.1) is 0 Å². The summed E-state index contributed by atoms with van der Waals surface area (Å²) >= 11 is 0. The molecule has 0 atom stereocenters. The van der Waals surface area contributed by atoms with Gasteiger partial charge in [-0.25, -0.2) is 23.4 Å². The van der Waals surface area contributed by atoms with Gasteiger partial charge in [-0.05, 0) is 45.0 Å². The molecule has 0 spiro atoms. The van der Waals surface area contributed by atoms with Crippen LogP contribution >= 0.6 is 0 Å². The summed E-state index contributed by atoms with van der Waals surface area (Å²) in [6.07, 6.45) is 5.13. The molecule has 0 bridgehead atoms.